The van der Waals surface area contributed by atoms with Gasteiger partial charge < -0.3 is 5.32 Å². The highest BCUT2D eigenvalue weighted by molar-refractivity contribution is 7.13. The smallest absolute Gasteiger partial charge is 0.282 e. The fourth-order valence-electron chi connectivity index (χ4n) is 1.65. The number of hydrogen-bond acceptors (Lipinski definition) is 3. The number of anilines is 1. The van der Waals surface area contributed by atoms with Crippen LogP contribution in [0.5, 0.6) is 0 Å². The lowest BCUT2D eigenvalue weighted by Gasteiger charge is -2.07. The minimum Gasteiger partial charge on any atom is -0.321 e. The van der Waals surface area contributed by atoms with Gasteiger partial charge in [-0.1, -0.05) is 32.0 Å². The molecule has 1 aromatic carbocycles. The van der Waals surface area contributed by atoms with Crippen molar-refractivity contribution in [3.8, 4) is 0 Å². The lowest BCUT2D eigenvalue weighted by molar-refractivity contribution is 0.101. The summed E-state index contributed by atoms with van der Waals surface area (Å²) in [5, 5.41) is 3.08. The van der Waals surface area contributed by atoms with E-state index in [1.807, 2.05) is 32.9 Å². The van der Waals surface area contributed by atoms with Crippen LogP contribution in [0.1, 0.15) is 46.2 Å². The average molecular weight is 312 g/mol. The number of amides is 1. The molecule has 114 valence electrons. The van der Waals surface area contributed by atoms with Crippen molar-refractivity contribution in [2.75, 3.05) is 5.32 Å². The molecule has 0 bridgehead atoms. The number of nitrogens with zero attached hydrogens (tertiary/aromatic N) is 1. The number of alkyl halides is 2. The minimum atomic E-state index is -2.75. The monoisotopic (exact) mass is 312 g/mol. The number of aryl methyl sites for hydroxylation is 2. The third kappa shape index (κ3) is 4.32. The van der Waals surface area contributed by atoms with E-state index in [1.54, 1.807) is 19.1 Å². The van der Waals surface area contributed by atoms with Crippen LogP contribution >= 0.6 is 11.3 Å². The quantitative estimate of drug-likeness (QED) is 0.869. The molecule has 0 saturated heterocycles. The molecule has 0 saturated carbocycles. The molecule has 0 atom stereocenters. The van der Waals surface area contributed by atoms with Crippen LogP contribution in [0.2, 0.25) is 0 Å². The molecule has 1 amide bonds. The maximum atomic E-state index is 12.8. The normalized spacial score (nSPS) is 10.0. The van der Waals surface area contributed by atoms with E-state index in [9.17, 15) is 13.6 Å². The van der Waals surface area contributed by atoms with Crippen LogP contribution in [0.15, 0.2) is 24.3 Å². The lowest BCUT2D eigenvalue weighted by atomic mass is 10.2. The third-order valence-electron chi connectivity index (χ3n) is 2.57. The van der Waals surface area contributed by atoms with Crippen LogP contribution in [0.25, 0.3) is 0 Å². The Hall–Kier alpha value is -1.82. The van der Waals surface area contributed by atoms with Gasteiger partial charge in [0.2, 0.25) is 0 Å². The molecular weight excluding hydrogens is 294 g/mol. The number of aromatic nitrogens is 1. The van der Waals surface area contributed by atoms with Gasteiger partial charge >= 0.3 is 0 Å². The molecule has 2 rings (SSSR count). The molecule has 1 N–H and O–H groups in total. The van der Waals surface area contributed by atoms with E-state index in [2.05, 4.69) is 10.3 Å². The predicted octanol–water partition coefficient (Wildman–Crippen LogP) is 4.98. The Morgan fingerprint density at radius 1 is 1.24 bits per heavy atom. The number of halogens is 2. The van der Waals surface area contributed by atoms with Crippen molar-refractivity contribution in [1.29, 1.82) is 0 Å². The highest BCUT2D eigenvalue weighted by Crippen LogP contribution is 2.28. The van der Waals surface area contributed by atoms with Crippen LogP contribution in [0.3, 0.4) is 0 Å². The fraction of sp³-hybridized carbons (Fsp3) is 0.333. The summed E-state index contributed by atoms with van der Waals surface area (Å²) in [5.74, 6) is -0.546. The number of carbonyl (C=O) groups is 1. The van der Waals surface area contributed by atoms with E-state index in [-0.39, 0.29) is 4.88 Å². The molecule has 0 fully saturated rings. The van der Waals surface area contributed by atoms with Gasteiger partial charge in [0.05, 0.1) is 5.01 Å². The first-order chi connectivity index (χ1) is 9.99. The summed E-state index contributed by atoms with van der Waals surface area (Å²) in [7, 11) is 0. The molecule has 0 spiro atoms. The second kappa shape index (κ2) is 7.83. The van der Waals surface area contributed by atoms with Crippen molar-refractivity contribution in [3.05, 3.63) is 45.4 Å². The molecule has 0 aliphatic heterocycles. The van der Waals surface area contributed by atoms with Crippen molar-refractivity contribution >= 4 is 22.9 Å². The number of para-hydroxylation sites is 1. The van der Waals surface area contributed by atoms with Crippen LogP contribution in [-0.2, 0) is 0 Å². The van der Waals surface area contributed by atoms with Crippen molar-refractivity contribution in [1.82, 2.24) is 4.98 Å². The van der Waals surface area contributed by atoms with E-state index >= 15 is 0 Å². The van der Waals surface area contributed by atoms with E-state index in [4.69, 9.17) is 0 Å². The van der Waals surface area contributed by atoms with Gasteiger partial charge in [0.15, 0.2) is 0 Å². The SMILES string of the molecule is CC.Cc1nc(C(F)F)c(C(=O)Nc2ccccc2C)s1. The summed E-state index contributed by atoms with van der Waals surface area (Å²) in [6.45, 7) is 7.43. The number of nitrogens with one attached hydrogen (secondary N) is 1. The van der Waals surface area contributed by atoms with Gasteiger partial charge in [0.25, 0.3) is 12.3 Å². The van der Waals surface area contributed by atoms with Gasteiger partial charge in [-0.3, -0.25) is 4.79 Å². The molecule has 1 aromatic heterocycles. The van der Waals surface area contributed by atoms with Crippen LogP contribution in [0, 0.1) is 13.8 Å². The molecule has 0 unspecified atom stereocenters. The first-order valence-electron chi connectivity index (χ1n) is 6.61. The highest BCUT2D eigenvalue weighted by Gasteiger charge is 2.23. The first kappa shape index (κ1) is 17.2. The van der Waals surface area contributed by atoms with Gasteiger partial charge in [0, 0.05) is 5.69 Å². The minimum absolute atomic E-state index is 0.0317. The van der Waals surface area contributed by atoms with E-state index in [0.717, 1.165) is 16.9 Å². The maximum absolute atomic E-state index is 12.8. The summed E-state index contributed by atoms with van der Waals surface area (Å²) >= 11 is 0.973. The largest absolute Gasteiger partial charge is 0.321 e. The third-order valence-corrected chi connectivity index (χ3v) is 3.55. The van der Waals surface area contributed by atoms with E-state index in [0.29, 0.717) is 10.7 Å². The van der Waals surface area contributed by atoms with E-state index in [1.165, 1.54) is 0 Å². The van der Waals surface area contributed by atoms with Crippen LogP contribution < -0.4 is 5.32 Å². The maximum Gasteiger partial charge on any atom is 0.282 e. The Morgan fingerprint density at radius 3 is 2.43 bits per heavy atom. The zero-order valence-corrected chi connectivity index (χ0v) is 13.2. The highest BCUT2D eigenvalue weighted by atomic mass is 32.1. The van der Waals surface area contributed by atoms with Crippen molar-refractivity contribution < 1.29 is 13.6 Å². The van der Waals surface area contributed by atoms with Crippen LogP contribution in [-0.4, -0.2) is 10.9 Å². The van der Waals surface area contributed by atoms with Crippen molar-refractivity contribution in [3.63, 3.8) is 0 Å². The number of carbonyl (C=O) groups excluding carboxylic acids is 1. The molecule has 21 heavy (non-hydrogen) atoms. The Morgan fingerprint density at radius 2 is 1.86 bits per heavy atom. The average Bonchev–Trinajstić information content (AvgIpc) is 2.86. The summed E-state index contributed by atoms with van der Waals surface area (Å²) in [6, 6.07) is 7.17. The van der Waals surface area contributed by atoms with Gasteiger partial charge in [-0.25, -0.2) is 13.8 Å². The second-order valence-electron chi connectivity index (χ2n) is 4.02. The molecule has 0 aliphatic rings. The first-order valence-corrected chi connectivity index (χ1v) is 7.43. The molecule has 1 heterocycles. The zero-order chi connectivity index (χ0) is 16.0. The molecular formula is C15H18F2N2OS. The van der Waals surface area contributed by atoms with Crippen LogP contribution in [0.4, 0.5) is 14.5 Å². The van der Waals surface area contributed by atoms with Gasteiger partial charge in [-0.2, -0.15) is 0 Å². The number of thiazole rings is 1. The summed E-state index contributed by atoms with van der Waals surface area (Å²) in [5.41, 5.74) is 1.03. The van der Waals surface area contributed by atoms with Gasteiger partial charge in [-0.05, 0) is 25.5 Å². The Kier molecular flexibility index (Phi) is 6.42. The number of benzene rings is 1. The summed E-state index contributed by atoms with van der Waals surface area (Å²) in [4.78, 5) is 15.7. The van der Waals surface area contributed by atoms with Crippen molar-refractivity contribution in [2.45, 2.75) is 34.1 Å². The van der Waals surface area contributed by atoms with Crippen molar-refractivity contribution in [2.24, 2.45) is 0 Å². The predicted molar refractivity (Wildman–Crippen MR) is 82.3 cm³/mol. The lowest BCUT2D eigenvalue weighted by Crippen LogP contribution is -2.13. The van der Waals surface area contributed by atoms with E-state index < -0.39 is 18.0 Å². The standard InChI is InChI=1S/C13H12F2N2OS.C2H6/c1-7-5-3-4-6-9(7)17-13(18)11-10(12(14)15)16-8(2)19-11;1-2/h3-6,12H,1-2H3,(H,17,18);1-2H3. The number of hydrogen-bond donors (Lipinski definition) is 1. The molecule has 2 aromatic rings. The van der Waals surface area contributed by atoms with Gasteiger partial charge in [-0.15, -0.1) is 11.3 Å². The van der Waals surface area contributed by atoms with Gasteiger partial charge in [0.1, 0.15) is 10.6 Å². The topological polar surface area (TPSA) is 42.0 Å². The molecule has 0 aliphatic carbocycles. The summed E-state index contributed by atoms with van der Waals surface area (Å²) in [6.07, 6.45) is -2.75. The fourth-order valence-corrected chi connectivity index (χ4v) is 2.47. The second-order valence-corrected chi connectivity index (χ2v) is 5.22. The Labute approximate surface area is 127 Å². The molecule has 0 radical (unpaired) electrons. The Balaban J connectivity index is 0.00000106. The Bertz CT molecular complexity index is 611. The zero-order valence-electron chi connectivity index (χ0n) is 12.4. The summed E-state index contributed by atoms with van der Waals surface area (Å²) < 4.78 is 25.6. The number of rotatable bonds is 3. The molecule has 6 heteroatoms. The molecule has 3 nitrogen and oxygen atoms in total.